The molecule has 2 rings (SSSR count). The number of hydrogen-bond acceptors (Lipinski definition) is 3. The van der Waals surface area contributed by atoms with Gasteiger partial charge in [-0.1, -0.05) is 12.1 Å². The highest BCUT2D eigenvalue weighted by Gasteiger charge is 2.04. The minimum atomic E-state index is -0.224. The fourth-order valence-electron chi connectivity index (χ4n) is 1.82. The molecule has 0 radical (unpaired) electrons. The summed E-state index contributed by atoms with van der Waals surface area (Å²) in [6, 6.07) is 12.2. The van der Waals surface area contributed by atoms with Gasteiger partial charge in [0, 0.05) is 12.2 Å². The Morgan fingerprint density at radius 3 is 2.58 bits per heavy atom. The van der Waals surface area contributed by atoms with Gasteiger partial charge in [0.2, 0.25) is 0 Å². The van der Waals surface area contributed by atoms with E-state index in [0.717, 1.165) is 17.8 Å². The van der Waals surface area contributed by atoms with Crippen LogP contribution in [-0.4, -0.2) is 11.0 Å². The maximum absolute atomic E-state index is 12.8. The summed E-state index contributed by atoms with van der Waals surface area (Å²) in [5, 5.41) is 11.9. The van der Waals surface area contributed by atoms with Crippen LogP contribution in [0, 0.1) is 17.1 Å². The summed E-state index contributed by atoms with van der Waals surface area (Å²) in [5.74, 6) is 0.506. The first kappa shape index (κ1) is 13.0. The van der Waals surface area contributed by atoms with Crippen molar-refractivity contribution < 1.29 is 4.39 Å². The average molecular weight is 255 g/mol. The molecular formula is C15H14FN3. The zero-order valence-corrected chi connectivity index (χ0v) is 10.6. The third-order valence-electron chi connectivity index (χ3n) is 2.74. The highest BCUT2D eigenvalue weighted by molar-refractivity contribution is 5.40. The number of benzene rings is 1. The first-order valence-corrected chi connectivity index (χ1v) is 6.04. The van der Waals surface area contributed by atoms with Crippen molar-refractivity contribution in [1.29, 1.82) is 5.26 Å². The third-order valence-corrected chi connectivity index (χ3v) is 2.74. The Bertz CT molecular complexity index is 570. The normalized spacial score (nSPS) is 11.6. The molecule has 0 aliphatic carbocycles. The van der Waals surface area contributed by atoms with Crippen LogP contribution >= 0.6 is 0 Å². The Labute approximate surface area is 111 Å². The molecule has 2 aromatic rings. The number of nitrogens with one attached hydrogen (secondary N) is 1. The van der Waals surface area contributed by atoms with Crippen LogP contribution in [0.5, 0.6) is 0 Å². The summed E-state index contributed by atoms with van der Waals surface area (Å²) in [4.78, 5) is 4.15. The van der Waals surface area contributed by atoms with Gasteiger partial charge >= 0.3 is 0 Å². The zero-order valence-electron chi connectivity index (χ0n) is 10.6. The first-order valence-electron chi connectivity index (χ1n) is 6.04. The van der Waals surface area contributed by atoms with E-state index < -0.39 is 0 Å². The van der Waals surface area contributed by atoms with Gasteiger partial charge in [-0.3, -0.25) is 0 Å². The van der Waals surface area contributed by atoms with Gasteiger partial charge in [0.25, 0.3) is 0 Å². The lowest BCUT2D eigenvalue weighted by molar-refractivity contribution is 0.626. The topological polar surface area (TPSA) is 48.7 Å². The van der Waals surface area contributed by atoms with Crippen LogP contribution in [0.2, 0.25) is 0 Å². The Morgan fingerprint density at radius 1 is 1.26 bits per heavy atom. The SMILES string of the molecule is CC(Cc1ccc(F)cc1)Nc1ccc(C#N)cn1. The van der Waals surface area contributed by atoms with E-state index in [2.05, 4.69) is 10.3 Å². The summed E-state index contributed by atoms with van der Waals surface area (Å²) < 4.78 is 12.8. The van der Waals surface area contributed by atoms with E-state index in [1.54, 1.807) is 24.3 Å². The van der Waals surface area contributed by atoms with Crippen LogP contribution in [0.15, 0.2) is 42.6 Å². The van der Waals surface area contributed by atoms with Crippen LogP contribution in [-0.2, 0) is 6.42 Å². The summed E-state index contributed by atoms with van der Waals surface area (Å²) in [6.07, 6.45) is 2.31. The van der Waals surface area contributed by atoms with E-state index in [9.17, 15) is 4.39 Å². The maximum Gasteiger partial charge on any atom is 0.126 e. The highest BCUT2D eigenvalue weighted by atomic mass is 19.1. The molecule has 96 valence electrons. The van der Waals surface area contributed by atoms with Gasteiger partial charge in [-0.05, 0) is 43.2 Å². The minimum Gasteiger partial charge on any atom is -0.367 e. The van der Waals surface area contributed by atoms with Gasteiger partial charge in [-0.25, -0.2) is 9.37 Å². The van der Waals surface area contributed by atoms with Crippen molar-refractivity contribution in [2.75, 3.05) is 5.32 Å². The standard InChI is InChI=1S/C15H14FN3/c1-11(8-12-2-5-14(16)6-3-12)19-15-7-4-13(9-17)10-18-15/h2-7,10-11H,8H2,1H3,(H,18,19). The van der Waals surface area contributed by atoms with E-state index in [4.69, 9.17) is 5.26 Å². The van der Waals surface area contributed by atoms with Crippen molar-refractivity contribution in [3.63, 3.8) is 0 Å². The second kappa shape index (κ2) is 5.96. The molecule has 0 aliphatic heterocycles. The predicted molar refractivity (Wildman–Crippen MR) is 72.1 cm³/mol. The van der Waals surface area contributed by atoms with Crippen molar-refractivity contribution in [2.24, 2.45) is 0 Å². The van der Waals surface area contributed by atoms with E-state index in [1.807, 2.05) is 13.0 Å². The zero-order chi connectivity index (χ0) is 13.7. The first-order chi connectivity index (χ1) is 9.17. The molecule has 0 bridgehead atoms. The molecule has 1 unspecified atom stereocenters. The van der Waals surface area contributed by atoms with Crippen LogP contribution in [0.1, 0.15) is 18.1 Å². The Hall–Kier alpha value is -2.41. The Kier molecular flexibility index (Phi) is 4.09. The molecular weight excluding hydrogens is 241 g/mol. The summed E-state index contributed by atoms with van der Waals surface area (Å²) in [6.45, 7) is 2.03. The Morgan fingerprint density at radius 2 is 2.00 bits per heavy atom. The van der Waals surface area contributed by atoms with E-state index in [0.29, 0.717) is 5.56 Å². The number of aromatic nitrogens is 1. The van der Waals surface area contributed by atoms with E-state index in [-0.39, 0.29) is 11.9 Å². The van der Waals surface area contributed by atoms with Crippen molar-refractivity contribution in [3.8, 4) is 6.07 Å². The number of pyridine rings is 1. The molecule has 0 saturated carbocycles. The fraction of sp³-hybridized carbons (Fsp3) is 0.200. The lowest BCUT2D eigenvalue weighted by Gasteiger charge is -2.14. The van der Waals surface area contributed by atoms with Gasteiger partial charge in [0.15, 0.2) is 0 Å². The molecule has 1 aromatic carbocycles. The van der Waals surface area contributed by atoms with Gasteiger partial charge in [-0.2, -0.15) is 5.26 Å². The van der Waals surface area contributed by atoms with Gasteiger partial charge < -0.3 is 5.32 Å². The number of nitrogens with zero attached hydrogens (tertiary/aromatic N) is 2. The monoisotopic (exact) mass is 255 g/mol. The molecule has 1 atom stereocenters. The molecule has 3 nitrogen and oxygen atoms in total. The quantitative estimate of drug-likeness (QED) is 0.913. The lowest BCUT2D eigenvalue weighted by Crippen LogP contribution is -2.18. The van der Waals surface area contributed by atoms with Crippen molar-refractivity contribution in [1.82, 2.24) is 4.98 Å². The van der Waals surface area contributed by atoms with E-state index >= 15 is 0 Å². The number of anilines is 1. The van der Waals surface area contributed by atoms with Gasteiger partial charge in [-0.15, -0.1) is 0 Å². The molecule has 4 heteroatoms. The molecule has 0 aliphatic rings. The van der Waals surface area contributed by atoms with Crippen molar-refractivity contribution >= 4 is 5.82 Å². The number of hydrogen-bond donors (Lipinski definition) is 1. The second-order valence-corrected chi connectivity index (χ2v) is 4.42. The molecule has 1 N–H and O–H groups in total. The molecule has 0 amide bonds. The third kappa shape index (κ3) is 3.78. The summed E-state index contributed by atoms with van der Waals surface area (Å²) in [5.41, 5.74) is 1.60. The predicted octanol–water partition coefficient (Wildman–Crippen LogP) is 3.14. The van der Waals surface area contributed by atoms with Crippen LogP contribution in [0.25, 0.3) is 0 Å². The number of nitriles is 1. The molecule has 19 heavy (non-hydrogen) atoms. The Balaban J connectivity index is 1.95. The van der Waals surface area contributed by atoms with Gasteiger partial charge in [0.1, 0.15) is 17.7 Å². The summed E-state index contributed by atoms with van der Waals surface area (Å²) in [7, 11) is 0. The molecule has 0 saturated heterocycles. The summed E-state index contributed by atoms with van der Waals surface area (Å²) >= 11 is 0. The van der Waals surface area contributed by atoms with Gasteiger partial charge in [0.05, 0.1) is 5.56 Å². The molecule has 0 spiro atoms. The largest absolute Gasteiger partial charge is 0.367 e. The van der Waals surface area contributed by atoms with Crippen molar-refractivity contribution in [2.45, 2.75) is 19.4 Å². The number of rotatable bonds is 4. The fourth-order valence-corrected chi connectivity index (χ4v) is 1.82. The minimum absolute atomic E-state index is 0.172. The molecule has 0 fully saturated rings. The van der Waals surface area contributed by atoms with E-state index in [1.165, 1.54) is 18.3 Å². The van der Waals surface area contributed by atoms with Crippen molar-refractivity contribution in [3.05, 3.63) is 59.5 Å². The lowest BCUT2D eigenvalue weighted by atomic mass is 10.1. The maximum atomic E-state index is 12.8. The number of halogens is 1. The second-order valence-electron chi connectivity index (χ2n) is 4.42. The smallest absolute Gasteiger partial charge is 0.126 e. The highest BCUT2D eigenvalue weighted by Crippen LogP contribution is 2.10. The van der Waals surface area contributed by atoms with Crippen LogP contribution < -0.4 is 5.32 Å². The molecule has 1 aromatic heterocycles. The van der Waals surface area contributed by atoms with Crippen LogP contribution in [0.3, 0.4) is 0 Å². The average Bonchev–Trinajstić information content (AvgIpc) is 2.42. The van der Waals surface area contributed by atoms with Crippen LogP contribution in [0.4, 0.5) is 10.2 Å². The molecule has 1 heterocycles.